The number of halogens is 2. The topological polar surface area (TPSA) is 96.0 Å². The normalized spacial score (nSPS) is 12.1. The second-order valence-corrected chi connectivity index (χ2v) is 11.8. The molecule has 11 heteroatoms. The van der Waals surface area contributed by atoms with Gasteiger partial charge in [0.1, 0.15) is 18.3 Å². The summed E-state index contributed by atoms with van der Waals surface area (Å²) >= 11 is 12.4. The molecule has 1 atom stereocenters. The molecule has 208 valence electrons. The van der Waals surface area contributed by atoms with Gasteiger partial charge in [-0.1, -0.05) is 59.6 Å². The predicted molar refractivity (Wildman–Crippen MR) is 154 cm³/mol. The minimum Gasteiger partial charge on any atom is -0.495 e. The Labute approximate surface area is 239 Å². The summed E-state index contributed by atoms with van der Waals surface area (Å²) in [4.78, 5) is 28.2. The van der Waals surface area contributed by atoms with Crippen molar-refractivity contribution in [3.8, 4) is 5.75 Å². The van der Waals surface area contributed by atoms with Gasteiger partial charge in [-0.05, 0) is 62.7 Å². The molecule has 0 radical (unpaired) electrons. The highest BCUT2D eigenvalue weighted by molar-refractivity contribution is 7.92. The van der Waals surface area contributed by atoms with E-state index in [1.54, 1.807) is 67.6 Å². The zero-order valence-electron chi connectivity index (χ0n) is 22.1. The number of benzene rings is 3. The number of sulfonamides is 1. The van der Waals surface area contributed by atoms with Crippen LogP contribution in [0.2, 0.25) is 10.0 Å². The molecule has 0 bridgehead atoms. The van der Waals surface area contributed by atoms with Gasteiger partial charge >= 0.3 is 0 Å². The third-order valence-electron chi connectivity index (χ3n) is 5.92. The van der Waals surface area contributed by atoms with E-state index in [1.165, 1.54) is 24.1 Å². The average Bonchev–Trinajstić information content (AvgIpc) is 2.90. The number of hydrogen-bond donors (Lipinski definition) is 1. The van der Waals surface area contributed by atoms with Crippen LogP contribution in [0.3, 0.4) is 0 Å². The van der Waals surface area contributed by atoms with E-state index in [-0.39, 0.29) is 28.9 Å². The van der Waals surface area contributed by atoms with Crippen LogP contribution in [-0.2, 0) is 26.2 Å². The third kappa shape index (κ3) is 7.44. The number of amides is 2. The lowest BCUT2D eigenvalue weighted by atomic mass is 10.1. The molecule has 0 fully saturated rings. The van der Waals surface area contributed by atoms with Crippen molar-refractivity contribution >= 4 is 50.7 Å². The number of carbonyl (C=O) groups excluding carboxylic acids is 2. The van der Waals surface area contributed by atoms with E-state index in [9.17, 15) is 18.0 Å². The van der Waals surface area contributed by atoms with Crippen molar-refractivity contribution in [1.29, 1.82) is 0 Å². The fourth-order valence-corrected chi connectivity index (χ4v) is 5.80. The largest absolute Gasteiger partial charge is 0.495 e. The fourth-order valence-electron chi connectivity index (χ4n) is 3.89. The van der Waals surface area contributed by atoms with E-state index in [1.807, 2.05) is 13.8 Å². The number of methoxy groups -OCH3 is 1. The van der Waals surface area contributed by atoms with Crippen LogP contribution >= 0.6 is 23.2 Å². The van der Waals surface area contributed by atoms with Gasteiger partial charge < -0.3 is 15.0 Å². The second kappa shape index (κ2) is 13.2. The number of hydrogen-bond acceptors (Lipinski definition) is 5. The van der Waals surface area contributed by atoms with Gasteiger partial charge in [-0.25, -0.2) is 8.42 Å². The number of anilines is 1. The fraction of sp³-hybridized carbons (Fsp3) is 0.286. The first-order chi connectivity index (χ1) is 18.4. The summed E-state index contributed by atoms with van der Waals surface area (Å²) in [7, 11) is -2.79. The SMILES string of the molecule is COc1ccccc1N(CC(=O)N(Cc1ccc(Cl)cc1Cl)[C@@H](C)C(=O)NC(C)C)S(=O)(=O)c1ccccc1. The van der Waals surface area contributed by atoms with Crippen LogP contribution in [0.15, 0.2) is 77.7 Å². The average molecular weight is 593 g/mol. The van der Waals surface area contributed by atoms with Crippen LogP contribution in [0.4, 0.5) is 5.69 Å². The van der Waals surface area contributed by atoms with E-state index in [4.69, 9.17) is 27.9 Å². The maximum absolute atomic E-state index is 13.9. The van der Waals surface area contributed by atoms with E-state index < -0.39 is 34.4 Å². The molecule has 0 saturated carbocycles. The lowest BCUT2D eigenvalue weighted by Crippen LogP contribution is -2.52. The smallest absolute Gasteiger partial charge is 0.264 e. The van der Waals surface area contributed by atoms with Gasteiger partial charge in [-0.2, -0.15) is 0 Å². The molecule has 1 N–H and O–H groups in total. The molecule has 0 heterocycles. The van der Waals surface area contributed by atoms with E-state index >= 15 is 0 Å². The standard InChI is InChI=1S/C28H31Cl2N3O5S/c1-19(2)31-28(35)20(3)32(17-21-14-15-22(29)16-24(21)30)27(34)18-33(25-12-8-9-13-26(25)38-4)39(36,37)23-10-6-5-7-11-23/h5-16,19-20H,17-18H2,1-4H3,(H,31,35)/t20-/m0/s1. The lowest BCUT2D eigenvalue weighted by molar-refractivity contribution is -0.139. The number of carbonyl (C=O) groups is 2. The highest BCUT2D eigenvalue weighted by Gasteiger charge is 2.34. The molecule has 0 saturated heterocycles. The summed E-state index contributed by atoms with van der Waals surface area (Å²) in [5.41, 5.74) is 0.731. The van der Waals surface area contributed by atoms with Crippen molar-refractivity contribution in [1.82, 2.24) is 10.2 Å². The van der Waals surface area contributed by atoms with Crippen LogP contribution in [0.5, 0.6) is 5.75 Å². The van der Waals surface area contributed by atoms with Gasteiger partial charge in [0.05, 0.1) is 17.7 Å². The molecular formula is C28H31Cl2N3O5S. The Morgan fingerprint density at radius 2 is 1.59 bits per heavy atom. The molecule has 39 heavy (non-hydrogen) atoms. The Hall–Kier alpha value is -3.27. The summed E-state index contributed by atoms with van der Waals surface area (Å²) in [5, 5.41) is 3.54. The van der Waals surface area contributed by atoms with Gasteiger partial charge in [0, 0.05) is 22.6 Å². The highest BCUT2D eigenvalue weighted by Crippen LogP contribution is 2.32. The molecule has 3 aromatic rings. The van der Waals surface area contributed by atoms with Gasteiger partial charge in [-0.3, -0.25) is 13.9 Å². The van der Waals surface area contributed by atoms with Gasteiger partial charge in [0.15, 0.2) is 0 Å². The van der Waals surface area contributed by atoms with E-state index in [0.29, 0.717) is 15.6 Å². The first kappa shape index (κ1) is 30.3. The van der Waals surface area contributed by atoms with Crippen LogP contribution in [0.1, 0.15) is 26.3 Å². The Bertz CT molecular complexity index is 1420. The molecule has 8 nitrogen and oxygen atoms in total. The summed E-state index contributed by atoms with van der Waals surface area (Å²) < 4.78 is 34.1. The molecular weight excluding hydrogens is 561 g/mol. The highest BCUT2D eigenvalue weighted by atomic mass is 35.5. The zero-order chi connectivity index (χ0) is 28.7. The number of para-hydroxylation sites is 2. The second-order valence-electron chi connectivity index (χ2n) is 9.09. The minimum atomic E-state index is -4.21. The molecule has 0 aliphatic rings. The van der Waals surface area contributed by atoms with Crippen LogP contribution in [0.25, 0.3) is 0 Å². The minimum absolute atomic E-state index is 0.00148. The Morgan fingerprint density at radius 3 is 2.21 bits per heavy atom. The van der Waals surface area contributed by atoms with Gasteiger partial charge in [0.25, 0.3) is 10.0 Å². The van der Waals surface area contributed by atoms with Gasteiger partial charge in [-0.15, -0.1) is 0 Å². The molecule has 2 amide bonds. The van der Waals surface area contributed by atoms with E-state index in [0.717, 1.165) is 4.31 Å². The Kier molecular flexibility index (Phi) is 10.2. The molecule has 0 aliphatic heterocycles. The summed E-state index contributed by atoms with van der Waals surface area (Å²) in [6.07, 6.45) is 0. The Balaban J connectivity index is 2.08. The zero-order valence-corrected chi connectivity index (χ0v) is 24.4. The first-order valence-electron chi connectivity index (χ1n) is 12.2. The van der Waals surface area contributed by atoms with Crippen LogP contribution in [-0.4, -0.2) is 50.9 Å². The molecule has 0 spiro atoms. The van der Waals surface area contributed by atoms with Crippen molar-refractivity contribution in [2.45, 2.75) is 44.3 Å². The summed E-state index contributed by atoms with van der Waals surface area (Å²) in [5.74, 6) is -0.737. The monoisotopic (exact) mass is 591 g/mol. The molecule has 3 rings (SSSR count). The molecule has 0 aromatic heterocycles. The summed E-state index contributed by atoms with van der Waals surface area (Å²) in [6, 6.07) is 18.0. The van der Waals surface area contributed by atoms with Crippen LogP contribution < -0.4 is 14.4 Å². The quantitative estimate of drug-likeness (QED) is 0.333. The lowest BCUT2D eigenvalue weighted by Gasteiger charge is -2.32. The van der Waals surface area contributed by atoms with Crippen molar-refractivity contribution < 1.29 is 22.7 Å². The van der Waals surface area contributed by atoms with Crippen LogP contribution in [0, 0.1) is 0 Å². The molecule has 0 unspecified atom stereocenters. The van der Waals surface area contributed by atoms with E-state index in [2.05, 4.69) is 5.32 Å². The maximum Gasteiger partial charge on any atom is 0.264 e. The number of nitrogens with zero attached hydrogens (tertiary/aromatic N) is 2. The third-order valence-corrected chi connectivity index (χ3v) is 8.28. The molecule has 0 aliphatic carbocycles. The first-order valence-corrected chi connectivity index (χ1v) is 14.4. The van der Waals surface area contributed by atoms with Crippen molar-refractivity contribution in [3.05, 3.63) is 88.4 Å². The summed E-state index contributed by atoms with van der Waals surface area (Å²) in [6.45, 7) is 4.55. The molecule has 3 aromatic carbocycles. The maximum atomic E-state index is 13.9. The Morgan fingerprint density at radius 1 is 0.949 bits per heavy atom. The van der Waals surface area contributed by atoms with Crippen molar-refractivity contribution in [2.24, 2.45) is 0 Å². The number of nitrogens with one attached hydrogen (secondary N) is 1. The van der Waals surface area contributed by atoms with Crippen molar-refractivity contribution in [3.63, 3.8) is 0 Å². The number of ether oxygens (including phenoxy) is 1. The van der Waals surface area contributed by atoms with Gasteiger partial charge in [0.2, 0.25) is 11.8 Å². The number of rotatable bonds is 11. The predicted octanol–water partition coefficient (Wildman–Crippen LogP) is 5.14. The van der Waals surface area contributed by atoms with Crippen molar-refractivity contribution in [2.75, 3.05) is 18.0 Å².